The van der Waals surface area contributed by atoms with Crippen molar-refractivity contribution >= 4 is 11.6 Å². The summed E-state index contributed by atoms with van der Waals surface area (Å²) in [7, 11) is 0. The summed E-state index contributed by atoms with van der Waals surface area (Å²) < 4.78 is 1.31. The average molecular weight is 285 g/mol. The molecule has 1 aromatic heterocycles. The largest absolute Gasteiger partial charge is 0.329 e. The summed E-state index contributed by atoms with van der Waals surface area (Å²) in [5.41, 5.74) is -0.119. The van der Waals surface area contributed by atoms with Crippen LogP contribution in [0.4, 0.5) is 0 Å². The second-order valence-corrected chi connectivity index (χ2v) is 6.09. The van der Waals surface area contributed by atoms with Crippen molar-refractivity contribution in [2.45, 2.75) is 58.4 Å². The molecule has 1 aromatic rings. The maximum atomic E-state index is 12.3. The fraction of sp³-hybridized carbons (Fsp3) is 0.714. The minimum atomic E-state index is -0.391. The highest BCUT2D eigenvalue weighted by atomic mass is 35.5. The van der Waals surface area contributed by atoms with Crippen LogP contribution >= 0.6 is 11.6 Å². The second-order valence-electron chi connectivity index (χ2n) is 5.71. The summed E-state index contributed by atoms with van der Waals surface area (Å²) >= 11 is 5.96. The van der Waals surface area contributed by atoms with Crippen LogP contribution in [0.15, 0.2) is 9.59 Å². The number of nitrogens with zero attached hydrogens (tertiary/aromatic N) is 1. The first-order chi connectivity index (χ1) is 9.00. The van der Waals surface area contributed by atoms with Gasteiger partial charge in [0, 0.05) is 6.54 Å². The van der Waals surface area contributed by atoms with Crippen molar-refractivity contribution in [2.75, 3.05) is 0 Å². The Hall–Kier alpha value is -1.03. The fourth-order valence-corrected chi connectivity index (χ4v) is 3.25. The third kappa shape index (κ3) is 3.11. The molecule has 1 saturated carbocycles. The lowest BCUT2D eigenvalue weighted by Gasteiger charge is -2.13. The van der Waals surface area contributed by atoms with E-state index in [4.69, 9.17) is 11.6 Å². The molecule has 4 nitrogen and oxygen atoms in total. The van der Waals surface area contributed by atoms with Gasteiger partial charge >= 0.3 is 5.69 Å². The topological polar surface area (TPSA) is 54.9 Å². The van der Waals surface area contributed by atoms with E-state index in [1.807, 2.05) is 13.8 Å². The average Bonchev–Trinajstić information content (AvgIpc) is 2.80. The van der Waals surface area contributed by atoms with E-state index in [9.17, 15) is 9.59 Å². The van der Waals surface area contributed by atoms with E-state index in [1.54, 1.807) is 0 Å². The summed E-state index contributed by atoms with van der Waals surface area (Å²) in [6.07, 6.45) is 5.89. The first kappa shape index (κ1) is 14.4. The van der Waals surface area contributed by atoms with Crippen LogP contribution < -0.4 is 11.2 Å². The lowest BCUT2D eigenvalue weighted by molar-refractivity contribution is 0.442. The minimum absolute atomic E-state index is 0.00887. The van der Waals surface area contributed by atoms with Gasteiger partial charge in [0.2, 0.25) is 0 Å². The van der Waals surface area contributed by atoms with Crippen LogP contribution in [-0.2, 0) is 6.54 Å². The molecule has 1 N–H and O–H groups in total. The number of hydrogen-bond acceptors (Lipinski definition) is 2. The molecule has 0 aromatic carbocycles. The fourth-order valence-electron chi connectivity index (χ4n) is 2.87. The van der Waals surface area contributed by atoms with Gasteiger partial charge in [-0.25, -0.2) is 4.79 Å². The zero-order valence-electron chi connectivity index (χ0n) is 11.5. The molecular formula is C14H21ClN2O2. The van der Waals surface area contributed by atoms with Crippen molar-refractivity contribution in [1.82, 2.24) is 9.55 Å². The van der Waals surface area contributed by atoms with Gasteiger partial charge in [-0.15, -0.1) is 0 Å². The zero-order valence-corrected chi connectivity index (χ0v) is 12.3. The summed E-state index contributed by atoms with van der Waals surface area (Å²) in [5.74, 6) is 0.666. The Bertz CT molecular complexity index is 554. The van der Waals surface area contributed by atoms with Gasteiger partial charge in [0.15, 0.2) is 0 Å². The van der Waals surface area contributed by atoms with Crippen LogP contribution in [0.5, 0.6) is 0 Å². The van der Waals surface area contributed by atoms with Crippen molar-refractivity contribution in [3.05, 3.63) is 31.6 Å². The predicted octanol–water partition coefficient (Wildman–Crippen LogP) is 2.89. The van der Waals surface area contributed by atoms with Gasteiger partial charge in [0.25, 0.3) is 5.56 Å². The second kappa shape index (κ2) is 5.95. The number of hydrogen-bond donors (Lipinski definition) is 1. The lowest BCUT2D eigenvalue weighted by atomic mass is 10.0. The van der Waals surface area contributed by atoms with Crippen LogP contribution in [0.2, 0.25) is 5.15 Å². The van der Waals surface area contributed by atoms with Crippen molar-refractivity contribution < 1.29 is 0 Å². The molecule has 19 heavy (non-hydrogen) atoms. The first-order valence-electron chi connectivity index (χ1n) is 7.03. The maximum absolute atomic E-state index is 12.3. The highest BCUT2D eigenvalue weighted by Gasteiger charge is 2.18. The Morgan fingerprint density at radius 2 is 1.95 bits per heavy atom. The number of nitrogens with one attached hydrogen (secondary N) is 1. The van der Waals surface area contributed by atoms with E-state index in [0.29, 0.717) is 18.0 Å². The monoisotopic (exact) mass is 284 g/mol. The van der Waals surface area contributed by atoms with Gasteiger partial charge < -0.3 is 0 Å². The molecule has 0 unspecified atom stereocenters. The quantitative estimate of drug-likeness (QED) is 0.865. The number of aromatic nitrogens is 2. The normalized spacial score (nSPS) is 16.4. The molecule has 5 heteroatoms. The van der Waals surface area contributed by atoms with E-state index in [1.165, 1.54) is 30.3 Å². The zero-order chi connectivity index (χ0) is 14.0. The summed E-state index contributed by atoms with van der Waals surface area (Å²) in [5, 5.41) is 0.183. The van der Waals surface area contributed by atoms with E-state index in [-0.39, 0.29) is 16.6 Å². The molecule has 0 atom stereocenters. The van der Waals surface area contributed by atoms with Crippen LogP contribution in [0.1, 0.15) is 57.4 Å². The molecule has 0 bridgehead atoms. The number of aromatic amines is 1. The number of rotatable bonds is 4. The van der Waals surface area contributed by atoms with Crippen LogP contribution in [0, 0.1) is 5.92 Å². The van der Waals surface area contributed by atoms with Crippen molar-refractivity contribution in [3.8, 4) is 0 Å². The van der Waals surface area contributed by atoms with Gasteiger partial charge in [0.05, 0.1) is 5.56 Å². The molecule has 1 fully saturated rings. The van der Waals surface area contributed by atoms with E-state index in [0.717, 1.165) is 6.42 Å². The third-order valence-corrected chi connectivity index (χ3v) is 4.28. The smallest absolute Gasteiger partial charge is 0.297 e. The predicted molar refractivity (Wildman–Crippen MR) is 77.0 cm³/mol. The van der Waals surface area contributed by atoms with E-state index < -0.39 is 5.69 Å². The summed E-state index contributed by atoms with van der Waals surface area (Å²) in [6.45, 7) is 4.31. The van der Waals surface area contributed by atoms with Crippen LogP contribution in [-0.4, -0.2) is 9.55 Å². The Labute approximate surface area is 117 Å². The highest BCUT2D eigenvalue weighted by Crippen LogP contribution is 2.27. The molecule has 0 amide bonds. The summed E-state index contributed by atoms with van der Waals surface area (Å²) in [4.78, 5) is 26.8. The summed E-state index contributed by atoms with van der Waals surface area (Å²) in [6, 6.07) is 0. The minimum Gasteiger partial charge on any atom is -0.297 e. The van der Waals surface area contributed by atoms with Gasteiger partial charge in [-0.2, -0.15) is 0 Å². The van der Waals surface area contributed by atoms with Crippen molar-refractivity contribution in [3.63, 3.8) is 0 Å². The SMILES string of the molecule is CC(C)c1c(Cl)[nH]c(=O)n(CCC2CCCC2)c1=O. The highest BCUT2D eigenvalue weighted by molar-refractivity contribution is 6.30. The molecular weight excluding hydrogens is 264 g/mol. The lowest BCUT2D eigenvalue weighted by Crippen LogP contribution is -2.38. The van der Waals surface area contributed by atoms with Crippen molar-refractivity contribution in [1.29, 1.82) is 0 Å². The Kier molecular flexibility index (Phi) is 4.50. The molecule has 106 valence electrons. The van der Waals surface area contributed by atoms with Gasteiger partial charge in [-0.05, 0) is 18.3 Å². The molecule has 2 rings (SSSR count). The first-order valence-corrected chi connectivity index (χ1v) is 7.41. The number of H-pyrrole nitrogens is 1. The Morgan fingerprint density at radius 3 is 2.53 bits per heavy atom. The Balaban J connectivity index is 2.26. The standard InChI is InChI=1S/C14H21ClN2O2/c1-9(2)11-12(15)16-14(19)17(13(11)18)8-7-10-5-3-4-6-10/h9-10H,3-8H2,1-2H3,(H,16,19). The molecule has 1 aliphatic carbocycles. The molecule has 1 aliphatic rings. The number of halogens is 1. The van der Waals surface area contributed by atoms with Crippen molar-refractivity contribution in [2.24, 2.45) is 5.92 Å². The van der Waals surface area contributed by atoms with Gasteiger partial charge in [-0.3, -0.25) is 14.3 Å². The van der Waals surface area contributed by atoms with E-state index >= 15 is 0 Å². The molecule has 0 radical (unpaired) electrons. The molecule has 0 saturated heterocycles. The molecule has 0 aliphatic heterocycles. The van der Waals surface area contributed by atoms with Crippen LogP contribution in [0.3, 0.4) is 0 Å². The Morgan fingerprint density at radius 1 is 1.32 bits per heavy atom. The van der Waals surface area contributed by atoms with Gasteiger partial charge in [0.1, 0.15) is 5.15 Å². The molecule has 1 heterocycles. The van der Waals surface area contributed by atoms with E-state index in [2.05, 4.69) is 4.98 Å². The van der Waals surface area contributed by atoms with Gasteiger partial charge in [-0.1, -0.05) is 51.1 Å². The maximum Gasteiger partial charge on any atom is 0.329 e. The van der Waals surface area contributed by atoms with Crippen LogP contribution in [0.25, 0.3) is 0 Å². The molecule has 0 spiro atoms. The third-order valence-electron chi connectivity index (χ3n) is 3.99.